The van der Waals surface area contributed by atoms with Gasteiger partial charge in [-0.15, -0.1) is 0 Å². The number of rotatable bonds is 4. The van der Waals surface area contributed by atoms with E-state index in [1.807, 2.05) is 12.1 Å². The van der Waals surface area contributed by atoms with Gasteiger partial charge in [-0.2, -0.15) is 0 Å². The van der Waals surface area contributed by atoms with E-state index in [0.29, 0.717) is 17.3 Å². The molecule has 0 aromatic heterocycles. The van der Waals surface area contributed by atoms with Crippen LogP contribution in [0.1, 0.15) is 12.0 Å². The Morgan fingerprint density at radius 2 is 2.04 bits per heavy atom. The molecule has 0 fully saturated rings. The first-order valence-corrected chi connectivity index (χ1v) is 8.23. The second-order valence-electron chi connectivity index (χ2n) is 5.61. The zero-order valence-electron chi connectivity index (χ0n) is 12.9. The number of carbonyl (C=O) groups is 1. The summed E-state index contributed by atoms with van der Waals surface area (Å²) in [5, 5.41) is 6.28. The number of nitrogens with zero attached hydrogens (tertiary/aromatic N) is 1. The average Bonchev–Trinajstić information content (AvgIpc) is 2.55. The summed E-state index contributed by atoms with van der Waals surface area (Å²) >= 11 is 5.90. The Morgan fingerprint density at radius 1 is 1.17 bits per heavy atom. The Morgan fingerprint density at radius 3 is 2.91 bits per heavy atom. The summed E-state index contributed by atoms with van der Waals surface area (Å²) in [5.74, 6) is 0. The predicted octanol–water partition coefficient (Wildman–Crippen LogP) is 3.91. The van der Waals surface area contributed by atoms with Crippen molar-refractivity contribution in [3.63, 3.8) is 0 Å². The minimum absolute atomic E-state index is 0.211. The van der Waals surface area contributed by atoms with Gasteiger partial charge in [-0.05, 0) is 42.7 Å². The Labute approximate surface area is 141 Å². The number of halogens is 1. The maximum atomic E-state index is 11.9. The molecule has 1 heterocycles. The molecule has 0 spiro atoms. The molecule has 2 aromatic rings. The summed E-state index contributed by atoms with van der Waals surface area (Å²) in [6.07, 6.45) is 2.29. The van der Waals surface area contributed by atoms with Gasteiger partial charge in [0.2, 0.25) is 0 Å². The molecule has 23 heavy (non-hydrogen) atoms. The number of para-hydroxylation sites is 1. The van der Waals surface area contributed by atoms with Gasteiger partial charge >= 0.3 is 6.03 Å². The number of hydrogen-bond donors (Lipinski definition) is 2. The molecule has 2 N–H and O–H groups in total. The highest BCUT2D eigenvalue weighted by atomic mass is 35.5. The third kappa shape index (κ3) is 4.17. The summed E-state index contributed by atoms with van der Waals surface area (Å²) in [7, 11) is 0. The van der Waals surface area contributed by atoms with Crippen LogP contribution in [0.25, 0.3) is 0 Å². The third-order valence-corrected chi connectivity index (χ3v) is 4.19. The van der Waals surface area contributed by atoms with E-state index in [0.717, 1.165) is 25.9 Å². The molecular weight excluding hydrogens is 310 g/mol. The number of fused-ring (bicyclic) bond motifs is 1. The third-order valence-electron chi connectivity index (χ3n) is 3.96. The lowest BCUT2D eigenvalue weighted by atomic mass is 10.0. The fourth-order valence-electron chi connectivity index (χ4n) is 2.89. The van der Waals surface area contributed by atoms with Crippen LogP contribution in [-0.4, -0.2) is 25.7 Å². The van der Waals surface area contributed by atoms with Crippen molar-refractivity contribution in [2.24, 2.45) is 0 Å². The Kier molecular flexibility index (Phi) is 5.03. The topological polar surface area (TPSA) is 44.4 Å². The van der Waals surface area contributed by atoms with E-state index in [1.165, 1.54) is 11.3 Å². The number of hydrogen-bond acceptors (Lipinski definition) is 2. The predicted molar refractivity (Wildman–Crippen MR) is 95.4 cm³/mol. The van der Waals surface area contributed by atoms with Crippen LogP contribution in [0, 0.1) is 0 Å². The van der Waals surface area contributed by atoms with Gasteiger partial charge in [-0.25, -0.2) is 4.79 Å². The minimum Gasteiger partial charge on any atom is -0.370 e. The van der Waals surface area contributed by atoms with Crippen LogP contribution in [0.15, 0.2) is 48.5 Å². The molecule has 0 radical (unpaired) electrons. The van der Waals surface area contributed by atoms with Crippen molar-refractivity contribution in [3.05, 3.63) is 59.1 Å². The Bertz CT molecular complexity index is 689. The standard InChI is InChI=1S/C18H20ClN3O/c19-15-7-3-8-16(13-15)21-18(23)20-10-12-22-11-4-6-14-5-1-2-9-17(14)22/h1-3,5,7-9,13H,4,6,10-12H2,(H2,20,21,23). The van der Waals surface area contributed by atoms with E-state index in [9.17, 15) is 4.79 Å². The van der Waals surface area contributed by atoms with Gasteiger partial charge < -0.3 is 15.5 Å². The summed E-state index contributed by atoms with van der Waals surface area (Å²) in [4.78, 5) is 14.3. The van der Waals surface area contributed by atoms with Crippen molar-refractivity contribution in [1.29, 1.82) is 0 Å². The fraction of sp³-hybridized carbons (Fsp3) is 0.278. The van der Waals surface area contributed by atoms with Gasteiger partial charge in [-0.3, -0.25) is 0 Å². The fourth-order valence-corrected chi connectivity index (χ4v) is 3.08. The summed E-state index contributed by atoms with van der Waals surface area (Å²) < 4.78 is 0. The van der Waals surface area contributed by atoms with Gasteiger partial charge in [-0.1, -0.05) is 35.9 Å². The smallest absolute Gasteiger partial charge is 0.319 e. The van der Waals surface area contributed by atoms with Crippen molar-refractivity contribution >= 4 is 29.0 Å². The molecule has 1 aliphatic rings. The minimum atomic E-state index is -0.211. The number of carbonyl (C=O) groups excluding carboxylic acids is 1. The van der Waals surface area contributed by atoms with Crippen LogP contribution in [0.2, 0.25) is 5.02 Å². The van der Waals surface area contributed by atoms with E-state index < -0.39 is 0 Å². The first-order valence-electron chi connectivity index (χ1n) is 7.85. The van der Waals surface area contributed by atoms with Crippen LogP contribution in [0.3, 0.4) is 0 Å². The number of anilines is 2. The van der Waals surface area contributed by atoms with Crippen molar-refractivity contribution in [2.75, 3.05) is 29.9 Å². The van der Waals surface area contributed by atoms with Crippen LogP contribution < -0.4 is 15.5 Å². The van der Waals surface area contributed by atoms with Gasteiger partial charge in [0.15, 0.2) is 0 Å². The van der Waals surface area contributed by atoms with Crippen LogP contribution in [0.4, 0.5) is 16.2 Å². The molecule has 0 saturated carbocycles. The van der Waals surface area contributed by atoms with Crippen molar-refractivity contribution < 1.29 is 4.79 Å². The molecule has 120 valence electrons. The molecule has 5 heteroatoms. The maximum Gasteiger partial charge on any atom is 0.319 e. The van der Waals surface area contributed by atoms with Crippen molar-refractivity contribution in [3.8, 4) is 0 Å². The number of benzene rings is 2. The highest BCUT2D eigenvalue weighted by Gasteiger charge is 2.15. The molecule has 0 bridgehead atoms. The lowest BCUT2D eigenvalue weighted by Crippen LogP contribution is -2.39. The monoisotopic (exact) mass is 329 g/mol. The second kappa shape index (κ2) is 7.38. The molecule has 0 aliphatic carbocycles. The van der Waals surface area contributed by atoms with Crippen molar-refractivity contribution in [1.82, 2.24) is 5.32 Å². The SMILES string of the molecule is O=C(NCCN1CCCc2ccccc21)Nc1cccc(Cl)c1. The zero-order valence-corrected chi connectivity index (χ0v) is 13.6. The second-order valence-corrected chi connectivity index (χ2v) is 6.05. The Balaban J connectivity index is 1.49. The van der Waals surface area contributed by atoms with E-state index in [4.69, 9.17) is 11.6 Å². The summed E-state index contributed by atoms with van der Waals surface area (Å²) in [5.41, 5.74) is 3.37. The largest absolute Gasteiger partial charge is 0.370 e. The molecule has 2 amide bonds. The maximum absolute atomic E-state index is 11.9. The van der Waals surface area contributed by atoms with Gasteiger partial charge in [0, 0.05) is 36.0 Å². The normalized spacial score (nSPS) is 13.3. The number of amides is 2. The molecule has 4 nitrogen and oxygen atoms in total. The average molecular weight is 330 g/mol. The lowest BCUT2D eigenvalue weighted by molar-refractivity contribution is 0.252. The first kappa shape index (κ1) is 15.7. The van der Waals surface area contributed by atoms with Gasteiger partial charge in [0.25, 0.3) is 0 Å². The van der Waals surface area contributed by atoms with Crippen molar-refractivity contribution in [2.45, 2.75) is 12.8 Å². The lowest BCUT2D eigenvalue weighted by Gasteiger charge is -2.31. The zero-order chi connectivity index (χ0) is 16.1. The molecule has 0 unspecified atom stereocenters. The van der Waals surface area contributed by atoms with E-state index >= 15 is 0 Å². The molecule has 0 atom stereocenters. The molecule has 1 aliphatic heterocycles. The summed E-state index contributed by atoms with van der Waals surface area (Å²) in [6.45, 7) is 2.44. The number of nitrogens with one attached hydrogen (secondary N) is 2. The van der Waals surface area contributed by atoms with Crippen LogP contribution >= 0.6 is 11.6 Å². The molecule has 3 rings (SSSR count). The molecule has 2 aromatic carbocycles. The molecular formula is C18H20ClN3O. The number of aryl methyl sites for hydroxylation is 1. The summed E-state index contributed by atoms with van der Waals surface area (Å²) in [6, 6.07) is 15.4. The van der Waals surface area contributed by atoms with Gasteiger partial charge in [0.1, 0.15) is 0 Å². The highest BCUT2D eigenvalue weighted by molar-refractivity contribution is 6.30. The first-order chi connectivity index (χ1) is 11.2. The molecule has 0 saturated heterocycles. The van der Waals surface area contributed by atoms with E-state index in [-0.39, 0.29) is 6.03 Å². The highest BCUT2D eigenvalue weighted by Crippen LogP contribution is 2.25. The Hall–Kier alpha value is -2.20. The van der Waals surface area contributed by atoms with Gasteiger partial charge in [0.05, 0.1) is 0 Å². The van der Waals surface area contributed by atoms with E-state index in [1.54, 1.807) is 12.1 Å². The number of urea groups is 1. The van der Waals surface area contributed by atoms with Crippen LogP contribution in [0.5, 0.6) is 0 Å². The quantitative estimate of drug-likeness (QED) is 0.893. The van der Waals surface area contributed by atoms with Crippen LogP contribution in [-0.2, 0) is 6.42 Å². The van der Waals surface area contributed by atoms with E-state index in [2.05, 4.69) is 39.8 Å².